The number of rotatable bonds is 8. The molecule has 0 aliphatic rings. The number of aryl methyl sites for hydroxylation is 1. The van der Waals surface area contributed by atoms with Gasteiger partial charge in [0, 0.05) is 44.5 Å². The first kappa shape index (κ1) is 20.0. The fourth-order valence-corrected chi connectivity index (χ4v) is 2.91. The third-order valence-electron chi connectivity index (χ3n) is 4.39. The van der Waals surface area contributed by atoms with Crippen molar-refractivity contribution < 1.29 is 9.59 Å². The van der Waals surface area contributed by atoms with E-state index in [0.717, 1.165) is 30.0 Å². The van der Waals surface area contributed by atoms with Crippen LogP contribution in [-0.4, -0.2) is 49.4 Å². The highest BCUT2D eigenvalue weighted by Gasteiger charge is 2.20. The van der Waals surface area contributed by atoms with E-state index in [2.05, 4.69) is 24.8 Å². The molecule has 0 atom stereocenters. The lowest BCUT2D eigenvalue weighted by Gasteiger charge is -2.28. The first-order valence-electron chi connectivity index (χ1n) is 8.80. The highest BCUT2D eigenvalue weighted by atomic mass is 16.2. The molecule has 0 N–H and O–H groups in total. The van der Waals surface area contributed by atoms with Crippen LogP contribution in [0.25, 0.3) is 0 Å². The van der Waals surface area contributed by atoms with Crippen molar-refractivity contribution in [2.45, 2.75) is 41.5 Å². The van der Waals surface area contributed by atoms with Gasteiger partial charge in [-0.15, -0.1) is 0 Å². The molecule has 5 heteroatoms. The Morgan fingerprint density at radius 2 is 1.54 bits per heavy atom. The lowest BCUT2D eigenvalue weighted by molar-refractivity contribution is -0.130. The van der Waals surface area contributed by atoms with Crippen LogP contribution in [0.15, 0.2) is 18.2 Å². The molecular formula is C19H31N3O2. The topological polar surface area (TPSA) is 43.9 Å². The zero-order valence-electron chi connectivity index (χ0n) is 15.9. The van der Waals surface area contributed by atoms with E-state index in [4.69, 9.17) is 0 Å². The van der Waals surface area contributed by atoms with Gasteiger partial charge in [0.05, 0.1) is 0 Å². The van der Waals surface area contributed by atoms with Crippen LogP contribution < -0.4 is 9.80 Å². The molecule has 0 unspecified atom stereocenters. The fourth-order valence-electron chi connectivity index (χ4n) is 2.91. The molecular weight excluding hydrogens is 302 g/mol. The van der Waals surface area contributed by atoms with Crippen molar-refractivity contribution in [3.05, 3.63) is 23.8 Å². The van der Waals surface area contributed by atoms with Crippen molar-refractivity contribution >= 4 is 23.2 Å². The van der Waals surface area contributed by atoms with Crippen LogP contribution in [0, 0.1) is 6.92 Å². The number of anilines is 2. The van der Waals surface area contributed by atoms with Gasteiger partial charge in [-0.25, -0.2) is 0 Å². The molecule has 0 heterocycles. The Balaban J connectivity index is 3.09. The summed E-state index contributed by atoms with van der Waals surface area (Å²) in [7, 11) is 0. The minimum Gasteiger partial charge on any atom is -0.372 e. The first-order valence-corrected chi connectivity index (χ1v) is 8.80. The number of hydrogen-bond donors (Lipinski definition) is 0. The summed E-state index contributed by atoms with van der Waals surface area (Å²) in [6, 6.07) is 6.05. The third kappa shape index (κ3) is 4.73. The summed E-state index contributed by atoms with van der Waals surface area (Å²) in [4.78, 5) is 30.1. The molecule has 0 fully saturated rings. The molecule has 24 heavy (non-hydrogen) atoms. The molecule has 134 valence electrons. The monoisotopic (exact) mass is 333 g/mol. The fraction of sp³-hybridized carbons (Fsp3) is 0.579. The van der Waals surface area contributed by atoms with E-state index in [1.54, 1.807) is 9.80 Å². The van der Waals surface area contributed by atoms with E-state index < -0.39 is 0 Å². The average molecular weight is 333 g/mol. The van der Waals surface area contributed by atoms with Crippen molar-refractivity contribution in [2.24, 2.45) is 0 Å². The third-order valence-corrected chi connectivity index (χ3v) is 4.39. The van der Waals surface area contributed by atoms with Crippen LogP contribution in [0.1, 0.15) is 40.2 Å². The van der Waals surface area contributed by atoms with E-state index in [-0.39, 0.29) is 18.4 Å². The van der Waals surface area contributed by atoms with Crippen LogP contribution in [0.2, 0.25) is 0 Å². The number of likely N-dealkylation sites (N-methyl/N-ethyl adjacent to an activating group) is 1. The minimum absolute atomic E-state index is 0.0255. The van der Waals surface area contributed by atoms with Gasteiger partial charge < -0.3 is 14.7 Å². The predicted octanol–water partition coefficient (Wildman–Crippen LogP) is 3.06. The molecule has 5 nitrogen and oxygen atoms in total. The highest BCUT2D eigenvalue weighted by molar-refractivity contribution is 5.98. The highest BCUT2D eigenvalue weighted by Crippen LogP contribution is 2.26. The zero-order valence-corrected chi connectivity index (χ0v) is 15.9. The van der Waals surface area contributed by atoms with E-state index in [9.17, 15) is 9.59 Å². The van der Waals surface area contributed by atoms with Crippen LogP contribution >= 0.6 is 0 Å². The molecule has 2 amide bonds. The van der Waals surface area contributed by atoms with Gasteiger partial charge in [-0.05, 0) is 58.4 Å². The number of carbonyl (C=O) groups excluding carboxylic acids is 2. The smallest absolute Gasteiger partial charge is 0.242 e. The van der Waals surface area contributed by atoms with E-state index in [1.807, 2.05) is 32.9 Å². The summed E-state index contributed by atoms with van der Waals surface area (Å²) in [6.07, 6.45) is 0. The Labute approximate surface area is 146 Å². The quantitative estimate of drug-likeness (QED) is 0.734. The van der Waals surface area contributed by atoms with Gasteiger partial charge in [-0.2, -0.15) is 0 Å². The maximum absolute atomic E-state index is 12.4. The van der Waals surface area contributed by atoms with Crippen molar-refractivity contribution in [2.75, 3.05) is 42.5 Å². The van der Waals surface area contributed by atoms with E-state index in [0.29, 0.717) is 13.1 Å². The molecule has 0 aliphatic heterocycles. The van der Waals surface area contributed by atoms with Gasteiger partial charge in [0.1, 0.15) is 6.54 Å². The molecule has 1 rings (SSSR count). The van der Waals surface area contributed by atoms with Crippen LogP contribution in [0.5, 0.6) is 0 Å². The maximum Gasteiger partial charge on any atom is 0.242 e. The zero-order chi connectivity index (χ0) is 18.3. The summed E-state index contributed by atoms with van der Waals surface area (Å²) in [6.45, 7) is 14.9. The van der Waals surface area contributed by atoms with Crippen LogP contribution in [-0.2, 0) is 9.59 Å². The van der Waals surface area contributed by atoms with Crippen LogP contribution in [0.3, 0.4) is 0 Å². The predicted molar refractivity (Wildman–Crippen MR) is 101 cm³/mol. The minimum atomic E-state index is -0.116. The second kappa shape index (κ2) is 9.30. The summed E-state index contributed by atoms with van der Waals surface area (Å²) in [5.41, 5.74) is 2.95. The number of hydrogen-bond acceptors (Lipinski definition) is 3. The molecule has 0 saturated heterocycles. The lowest BCUT2D eigenvalue weighted by Crippen LogP contribution is -2.42. The molecule has 1 aromatic rings. The second-order valence-corrected chi connectivity index (χ2v) is 5.81. The van der Waals surface area contributed by atoms with Gasteiger partial charge in [0.2, 0.25) is 11.8 Å². The van der Waals surface area contributed by atoms with Gasteiger partial charge in [-0.1, -0.05) is 0 Å². The summed E-state index contributed by atoms with van der Waals surface area (Å²) in [5.74, 6) is -0.142. The Hall–Kier alpha value is -2.04. The number of benzene rings is 1. The second-order valence-electron chi connectivity index (χ2n) is 5.81. The Morgan fingerprint density at radius 3 is 1.96 bits per heavy atom. The molecule has 0 spiro atoms. The Bertz CT molecular complexity index is 564. The molecule has 0 saturated carbocycles. The van der Waals surface area contributed by atoms with Gasteiger partial charge >= 0.3 is 0 Å². The van der Waals surface area contributed by atoms with E-state index in [1.165, 1.54) is 6.92 Å². The number of nitrogens with zero attached hydrogens (tertiary/aromatic N) is 3. The Kier molecular flexibility index (Phi) is 7.75. The van der Waals surface area contributed by atoms with Crippen LogP contribution in [0.4, 0.5) is 11.4 Å². The normalized spacial score (nSPS) is 10.4. The van der Waals surface area contributed by atoms with Crippen molar-refractivity contribution in [1.29, 1.82) is 0 Å². The molecule has 0 aromatic heterocycles. The number of carbonyl (C=O) groups is 2. The molecule has 0 radical (unpaired) electrons. The maximum atomic E-state index is 12.4. The summed E-state index contributed by atoms with van der Waals surface area (Å²) in [5, 5.41) is 0. The number of amides is 2. The molecule has 0 aliphatic carbocycles. The lowest BCUT2D eigenvalue weighted by atomic mass is 10.1. The Morgan fingerprint density at radius 1 is 0.958 bits per heavy atom. The van der Waals surface area contributed by atoms with Crippen molar-refractivity contribution in [1.82, 2.24) is 4.90 Å². The van der Waals surface area contributed by atoms with Gasteiger partial charge in [0.25, 0.3) is 0 Å². The van der Waals surface area contributed by atoms with Gasteiger partial charge in [0.15, 0.2) is 0 Å². The standard InChI is InChI=1S/C19H31N3O2/c1-7-20(8-2)17-11-12-18(15(5)13-17)22(16(6)23)14-19(24)21(9-3)10-4/h11-13H,7-10,14H2,1-6H3. The summed E-state index contributed by atoms with van der Waals surface area (Å²) >= 11 is 0. The molecule has 1 aromatic carbocycles. The first-order chi connectivity index (χ1) is 11.4. The molecule has 0 bridgehead atoms. The summed E-state index contributed by atoms with van der Waals surface area (Å²) < 4.78 is 0. The van der Waals surface area contributed by atoms with Crippen molar-refractivity contribution in [3.8, 4) is 0 Å². The van der Waals surface area contributed by atoms with E-state index >= 15 is 0 Å². The average Bonchev–Trinajstić information content (AvgIpc) is 2.55. The van der Waals surface area contributed by atoms with Crippen molar-refractivity contribution in [3.63, 3.8) is 0 Å². The largest absolute Gasteiger partial charge is 0.372 e. The SMILES string of the molecule is CCN(CC)C(=O)CN(C(C)=O)c1ccc(N(CC)CC)cc1C. The van der Waals surface area contributed by atoms with Gasteiger partial charge in [-0.3, -0.25) is 9.59 Å².